The smallest absolute Gasteiger partial charge is 0.224 e. The van der Waals surface area contributed by atoms with Crippen LogP contribution in [0.1, 0.15) is 12.2 Å². The van der Waals surface area contributed by atoms with Gasteiger partial charge in [0.15, 0.2) is 9.84 Å². The van der Waals surface area contributed by atoms with Gasteiger partial charge in [-0.3, -0.25) is 4.79 Å². The van der Waals surface area contributed by atoms with E-state index in [9.17, 15) is 13.2 Å². The summed E-state index contributed by atoms with van der Waals surface area (Å²) in [5.41, 5.74) is 0.834. The Balaban J connectivity index is 1.53. The predicted octanol–water partition coefficient (Wildman–Crippen LogP) is 1.53. The average Bonchev–Trinajstić information content (AvgIpc) is 3.01. The predicted molar refractivity (Wildman–Crippen MR) is 79.7 cm³/mol. The van der Waals surface area contributed by atoms with Gasteiger partial charge in [0.25, 0.3) is 0 Å². The van der Waals surface area contributed by atoms with Gasteiger partial charge in [0.1, 0.15) is 11.3 Å². The van der Waals surface area contributed by atoms with Crippen molar-refractivity contribution < 1.29 is 17.6 Å². The third-order valence-corrected chi connectivity index (χ3v) is 5.52. The first-order chi connectivity index (χ1) is 10.0. The van der Waals surface area contributed by atoms with Crippen LogP contribution >= 0.6 is 0 Å². The highest BCUT2D eigenvalue weighted by Gasteiger charge is 2.32. The summed E-state index contributed by atoms with van der Waals surface area (Å²) in [7, 11) is -3.01. The lowest BCUT2D eigenvalue weighted by molar-refractivity contribution is -0.124. The van der Waals surface area contributed by atoms with Crippen molar-refractivity contribution in [3.05, 3.63) is 36.1 Å². The number of nitrogens with one attached hydrogen (secondary N) is 1. The zero-order valence-corrected chi connectivity index (χ0v) is 12.4. The first kappa shape index (κ1) is 14.1. The van der Waals surface area contributed by atoms with Gasteiger partial charge < -0.3 is 9.73 Å². The Morgan fingerprint density at radius 3 is 2.86 bits per heavy atom. The minimum absolute atomic E-state index is 0.0243. The SMILES string of the molecule is O=C(NCCc1cc2ccccc2o1)[C@@H]1CCS(=O)(=O)C1. The lowest BCUT2D eigenvalue weighted by Crippen LogP contribution is -2.32. The van der Waals surface area contributed by atoms with Gasteiger partial charge in [0.05, 0.1) is 17.4 Å². The Labute approximate surface area is 123 Å². The maximum atomic E-state index is 11.9. The van der Waals surface area contributed by atoms with Gasteiger partial charge in [-0.1, -0.05) is 18.2 Å². The van der Waals surface area contributed by atoms with Crippen LogP contribution in [0.5, 0.6) is 0 Å². The topological polar surface area (TPSA) is 76.4 Å². The Morgan fingerprint density at radius 2 is 2.14 bits per heavy atom. The van der Waals surface area contributed by atoms with Gasteiger partial charge in [-0.2, -0.15) is 0 Å². The zero-order chi connectivity index (χ0) is 14.9. The minimum atomic E-state index is -3.01. The van der Waals surface area contributed by atoms with Crippen molar-refractivity contribution >= 4 is 26.7 Å². The van der Waals surface area contributed by atoms with Crippen LogP contribution in [0, 0.1) is 5.92 Å². The minimum Gasteiger partial charge on any atom is -0.461 e. The molecule has 1 fully saturated rings. The number of carbonyl (C=O) groups excluding carboxylic acids is 1. The van der Waals surface area contributed by atoms with E-state index in [0.29, 0.717) is 19.4 Å². The highest BCUT2D eigenvalue weighted by Crippen LogP contribution is 2.20. The molecule has 0 bridgehead atoms. The first-order valence-electron chi connectivity index (χ1n) is 6.99. The van der Waals surface area contributed by atoms with Gasteiger partial charge in [0, 0.05) is 18.4 Å². The van der Waals surface area contributed by atoms with Gasteiger partial charge >= 0.3 is 0 Å². The molecule has 0 radical (unpaired) electrons. The number of furan rings is 1. The highest BCUT2D eigenvalue weighted by atomic mass is 32.2. The maximum Gasteiger partial charge on any atom is 0.224 e. The molecule has 5 nitrogen and oxygen atoms in total. The number of fused-ring (bicyclic) bond motifs is 1. The fourth-order valence-electron chi connectivity index (χ4n) is 2.62. The van der Waals surface area contributed by atoms with Crippen LogP contribution in [-0.2, 0) is 21.1 Å². The normalized spacial score (nSPS) is 20.7. The molecule has 3 rings (SSSR count). The van der Waals surface area contributed by atoms with Crippen LogP contribution < -0.4 is 5.32 Å². The van der Waals surface area contributed by atoms with Crippen molar-refractivity contribution in [2.45, 2.75) is 12.8 Å². The summed E-state index contributed by atoms with van der Waals surface area (Å²) in [6.07, 6.45) is 1.03. The molecule has 1 saturated heterocycles. The summed E-state index contributed by atoms with van der Waals surface area (Å²) in [5.74, 6) is 0.339. The molecule has 112 valence electrons. The second-order valence-electron chi connectivity index (χ2n) is 5.39. The van der Waals surface area contributed by atoms with E-state index in [4.69, 9.17) is 4.42 Å². The molecule has 1 aliphatic heterocycles. The molecule has 0 unspecified atom stereocenters. The average molecular weight is 307 g/mol. The molecule has 0 aliphatic carbocycles. The van der Waals surface area contributed by atoms with Crippen molar-refractivity contribution in [2.24, 2.45) is 5.92 Å². The molecule has 6 heteroatoms. The first-order valence-corrected chi connectivity index (χ1v) is 8.81. The van der Waals surface area contributed by atoms with Crippen LogP contribution in [0.4, 0.5) is 0 Å². The summed E-state index contributed by atoms with van der Waals surface area (Å²) in [6, 6.07) is 9.70. The number of carbonyl (C=O) groups is 1. The number of benzene rings is 1. The van der Waals surface area contributed by atoms with Crippen LogP contribution in [0.15, 0.2) is 34.7 Å². The van der Waals surface area contributed by atoms with Gasteiger partial charge in [-0.15, -0.1) is 0 Å². The number of hydrogen-bond donors (Lipinski definition) is 1. The molecule has 1 amide bonds. The number of hydrogen-bond acceptors (Lipinski definition) is 4. The lowest BCUT2D eigenvalue weighted by atomic mass is 10.1. The van der Waals surface area contributed by atoms with Crippen molar-refractivity contribution in [1.29, 1.82) is 0 Å². The van der Waals surface area contributed by atoms with Gasteiger partial charge in [-0.05, 0) is 18.6 Å². The highest BCUT2D eigenvalue weighted by molar-refractivity contribution is 7.91. The van der Waals surface area contributed by atoms with Gasteiger partial charge in [-0.25, -0.2) is 8.42 Å². The zero-order valence-electron chi connectivity index (χ0n) is 11.5. The molecular weight excluding hydrogens is 290 g/mol. The summed E-state index contributed by atoms with van der Waals surface area (Å²) in [5, 5.41) is 3.83. The Kier molecular flexibility index (Phi) is 3.71. The summed E-state index contributed by atoms with van der Waals surface area (Å²) in [4.78, 5) is 11.9. The lowest BCUT2D eigenvalue weighted by Gasteiger charge is -2.08. The fraction of sp³-hybridized carbons (Fsp3) is 0.400. The van der Waals surface area contributed by atoms with E-state index in [2.05, 4.69) is 5.32 Å². The van der Waals surface area contributed by atoms with E-state index in [0.717, 1.165) is 16.7 Å². The van der Waals surface area contributed by atoms with Crippen LogP contribution in [-0.4, -0.2) is 32.4 Å². The maximum absolute atomic E-state index is 11.9. The summed E-state index contributed by atoms with van der Waals surface area (Å²) in [6.45, 7) is 0.454. The number of amides is 1. The molecule has 0 saturated carbocycles. The Hall–Kier alpha value is -1.82. The van der Waals surface area contributed by atoms with Crippen LogP contribution in [0.2, 0.25) is 0 Å². The molecule has 21 heavy (non-hydrogen) atoms. The summed E-state index contributed by atoms with van der Waals surface area (Å²) >= 11 is 0. The van der Waals surface area contributed by atoms with Crippen molar-refractivity contribution in [3.8, 4) is 0 Å². The third kappa shape index (κ3) is 3.26. The van der Waals surface area contributed by atoms with Crippen molar-refractivity contribution in [2.75, 3.05) is 18.1 Å². The van der Waals surface area contributed by atoms with E-state index < -0.39 is 15.8 Å². The van der Waals surface area contributed by atoms with Crippen LogP contribution in [0.25, 0.3) is 11.0 Å². The third-order valence-electron chi connectivity index (χ3n) is 3.75. The molecular formula is C15H17NO4S. The molecule has 1 N–H and O–H groups in total. The van der Waals surface area contributed by atoms with E-state index >= 15 is 0 Å². The molecule has 1 aromatic carbocycles. The molecule has 2 heterocycles. The van der Waals surface area contributed by atoms with Gasteiger partial charge in [0.2, 0.25) is 5.91 Å². The second-order valence-corrected chi connectivity index (χ2v) is 7.62. The van der Waals surface area contributed by atoms with E-state index in [-0.39, 0.29) is 17.4 Å². The van der Waals surface area contributed by atoms with Crippen molar-refractivity contribution in [3.63, 3.8) is 0 Å². The molecule has 1 atom stereocenters. The standard InChI is InChI=1S/C15H17NO4S/c17-15(12-6-8-21(18,19)10-12)16-7-5-13-9-11-3-1-2-4-14(11)20-13/h1-4,9,12H,5-8,10H2,(H,16,17)/t12-/m1/s1. The monoisotopic (exact) mass is 307 g/mol. The Morgan fingerprint density at radius 1 is 1.33 bits per heavy atom. The fourth-order valence-corrected chi connectivity index (χ4v) is 4.36. The molecule has 0 spiro atoms. The Bertz CT molecular complexity index is 730. The molecule has 2 aromatic rings. The van der Waals surface area contributed by atoms with E-state index in [1.165, 1.54) is 0 Å². The number of sulfone groups is 1. The van der Waals surface area contributed by atoms with E-state index in [1.807, 2.05) is 30.3 Å². The molecule has 1 aromatic heterocycles. The van der Waals surface area contributed by atoms with E-state index in [1.54, 1.807) is 0 Å². The van der Waals surface area contributed by atoms with Crippen molar-refractivity contribution in [1.82, 2.24) is 5.32 Å². The summed E-state index contributed by atoms with van der Waals surface area (Å²) < 4.78 is 28.4. The molecule has 1 aliphatic rings. The quantitative estimate of drug-likeness (QED) is 0.929. The van der Waals surface area contributed by atoms with Crippen LogP contribution in [0.3, 0.4) is 0 Å². The number of para-hydroxylation sites is 1. The number of rotatable bonds is 4. The second kappa shape index (κ2) is 5.52. The largest absolute Gasteiger partial charge is 0.461 e.